The third-order valence-corrected chi connectivity index (χ3v) is 7.11. The third kappa shape index (κ3) is 2.49. The van der Waals surface area contributed by atoms with Crippen molar-refractivity contribution in [2.24, 2.45) is 23.2 Å². The van der Waals surface area contributed by atoms with Gasteiger partial charge in [-0.15, -0.1) is 0 Å². The van der Waals surface area contributed by atoms with Gasteiger partial charge < -0.3 is 10.2 Å². The zero-order valence-corrected chi connectivity index (χ0v) is 13.9. The predicted molar refractivity (Wildman–Crippen MR) is 88.3 cm³/mol. The van der Waals surface area contributed by atoms with E-state index in [-0.39, 0.29) is 11.8 Å². The molecule has 0 amide bonds. The van der Waals surface area contributed by atoms with Gasteiger partial charge in [-0.1, -0.05) is 29.8 Å². The molecule has 4 fully saturated rings. The van der Waals surface area contributed by atoms with E-state index in [0.717, 1.165) is 49.1 Å². The number of halogens is 1. The van der Waals surface area contributed by atoms with Crippen LogP contribution in [0.15, 0.2) is 24.3 Å². The van der Waals surface area contributed by atoms with Gasteiger partial charge in [0.15, 0.2) is 0 Å². The van der Waals surface area contributed by atoms with E-state index in [9.17, 15) is 15.0 Å². The fourth-order valence-corrected chi connectivity index (χ4v) is 6.27. The van der Waals surface area contributed by atoms with Crippen molar-refractivity contribution in [3.8, 4) is 0 Å². The highest BCUT2D eigenvalue weighted by atomic mass is 35.5. The van der Waals surface area contributed by atoms with Crippen LogP contribution in [0, 0.1) is 23.2 Å². The molecule has 0 saturated heterocycles. The molecule has 0 aliphatic heterocycles. The Morgan fingerprint density at radius 1 is 1.17 bits per heavy atom. The maximum Gasteiger partial charge on any atom is 0.303 e. The summed E-state index contributed by atoms with van der Waals surface area (Å²) in [5, 5.41) is 21.1. The molecular weight excluding hydrogens is 312 g/mol. The van der Waals surface area contributed by atoms with Crippen molar-refractivity contribution in [1.82, 2.24) is 0 Å². The number of carboxylic acid groups (broad SMARTS) is 1. The number of carbonyl (C=O) groups is 1. The number of hydrogen-bond donors (Lipinski definition) is 2. The molecule has 3 nitrogen and oxygen atoms in total. The smallest absolute Gasteiger partial charge is 0.303 e. The summed E-state index contributed by atoms with van der Waals surface area (Å²) in [5.74, 6) is 0.444. The summed E-state index contributed by atoms with van der Waals surface area (Å²) < 4.78 is 0. The van der Waals surface area contributed by atoms with Gasteiger partial charge in [0, 0.05) is 5.02 Å². The molecule has 0 aromatic heterocycles. The SMILES string of the molecule is O=C(O)CC1(Cc2ccccc2Cl)C2CC3CC1CC(O)(C3)C2. The summed E-state index contributed by atoms with van der Waals surface area (Å²) in [4.78, 5) is 11.7. The molecule has 0 radical (unpaired) electrons. The lowest BCUT2D eigenvalue weighted by Gasteiger charge is -2.64. The van der Waals surface area contributed by atoms with Gasteiger partial charge in [-0.05, 0) is 73.3 Å². The highest BCUT2D eigenvalue weighted by molar-refractivity contribution is 6.31. The molecule has 0 spiro atoms. The van der Waals surface area contributed by atoms with Crippen molar-refractivity contribution >= 4 is 17.6 Å². The van der Waals surface area contributed by atoms with Crippen LogP contribution >= 0.6 is 11.6 Å². The average Bonchev–Trinajstić information content (AvgIpc) is 2.45. The first-order valence-electron chi connectivity index (χ1n) is 8.58. The molecule has 4 saturated carbocycles. The predicted octanol–water partition coefficient (Wildman–Crippen LogP) is 3.91. The number of aliphatic hydroxyl groups is 1. The normalized spacial score (nSPS) is 41.2. The van der Waals surface area contributed by atoms with Gasteiger partial charge in [-0.2, -0.15) is 0 Å². The molecule has 2 N–H and O–H groups in total. The Morgan fingerprint density at radius 2 is 1.83 bits per heavy atom. The van der Waals surface area contributed by atoms with Crippen molar-refractivity contribution in [2.45, 2.75) is 50.5 Å². The standard InChI is InChI=1S/C19H23ClO3/c20-16-4-2-1-3-13(16)8-19(11-17(21)22)14-5-12-6-15(19)10-18(23,7-12)9-14/h1-4,12,14-15,23H,5-11H2,(H,21,22). The summed E-state index contributed by atoms with van der Waals surface area (Å²) in [5.41, 5.74) is 0.258. The first kappa shape index (κ1) is 15.5. The lowest BCUT2D eigenvalue weighted by molar-refractivity contribution is -0.198. The van der Waals surface area contributed by atoms with Gasteiger partial charge in [0.05, 0.1) is 12.0 Å². The highest BCUT2D eigenvalue weighted by Crippen LogP contribution is 2.65. The fraction of sp³-hybridized carbons (Fsp3) is 0.632. The number of rotatable bonds is 4. The summed E-state index contributed by atoms with van der Waals surface area (Å²) in [6, 6.07) is 7.79. The molecule has 4 aliphatic rings. The fourth-order valence-electron chi connectivity index (χ4n) is 6.07. The minimum Gasteiger partial charge on any atom is -0.481 e. The maximum absolute atomic E-state index is 11.7. The Kier molecular flexibility index (Phi) is 3.51. The quantitative estimate of drug-likeness (QED) is 0.877. The number of aliphatic carboxylic acids is 1. The van der Waals surface area contributed by atoms with E-state index in [4.69, 9.17) is 11.6 Å². The lowest BCUT2D eigenvalue weighted by atomic mass is 9.42. The van der Waals surface area contributed by atoms with Crippen molar-refractivity contribution in [1.29, 1.82) is 0 Å². The van der Waals surface area contributed by atoms with Crippen LogP contribution in [0.5, 0.6) is 0 Å². The Hall–Kier alpha value is -1.06. The van der Waals surface area contributed by atoms with E-state index < -0.39 is 11.6 Å². The van der Waals surface area contributed by atoms with Crippen LogP contribution in [-0.4, -0.2) is 21.8 Å². The van der Waals surface area contributed by atoms with E-state index in [0.29, 0.717) is 17.8 Å². The molecular formula is C19H23ClO3. The topological polar surface area (TPSA) is 57.5 Å². The summed E-state index contributed by atoms with van der Waals surface area (Å²) in [6.07, 6.45) is 5.48. The van der Waals surface area contributed by atoms with E-state index in [1.165, 1.54) is 0 Å². The van der Waals surface area contributed by atoms with Crippen LogP contribution < -0.4 is 0 Å². The number of carboxylic acids is 1. The molecule has 5 rings (SSSR count). The third-order valence-electron chi connectivity index (χ3n) is 6.74. The lowest BCUT2D eigenvalue weighted by Crippen LogP contribution is -2.61. The van der Waals surface area contributed by atoms with E-state index in [2.05, 4.69) is 0 Å². The molecule has 2 atom stereocenters. The second-order valence-corrected chi connectivity index (χ2v) is 8.55. The second-order valence-electron chi connectivity index (χ2n) is 8.14. The molecule has 1 aromatic rings. The van der Waals surface area contributed by atoms with Crippen molar-refractivity contribution in [3.05, 3.63) is 34.9 Å². The molecule has 2 unspecified atom stereocenters. The maximum atomic E-state index is 11.7. The summed E-state index contributed by atoms with van der Waals surface area (Å²) in [7, 11) is 0. The summed E-state index contributed by atoms with van der Waals surface area (Å²) >= 11 is 6.37. The van der Waals surface area contributed by atoms with Gasteiger partial charge in [0.2, 0.25) is 0 Å². The van der Waals surface area contributed by atoms with Crippen molar-refractivity contribution < 1.29 is 15.0 Å². The highest BCUT2D eigenvalue weighted by Gasteiger charge is 2.62. The van der Waals surface area contributed by atoms with Crippen LogP contribution in [0.3, 0.4) is 0 Å². The van der Waals surface area contributed by atoms with Gasteiger partial charge in [-0.25, -0.2) is 0 Å². The van der Waals surface area contributed by atoms with Gasteiger partial charge >= 0.3 is 5.97 Å². The number of hydrogen-bond acceptors (Lipinski definition) is 2. The largest absolute Gasteiger partial charge is 0.481 e. The zero-order valence-electron chi connectivity index (χ0n) is 13.2. The minimum absolute atomic E-state index is 0.191. The first-order valence-corrected chi connectivity index (χ1v) is 8.96. The van der Waals surface area contributed by atoms with Crippen LogP contribution in [-0.2, 0) is 11.2 Å². The van der Waals surface area contributed by atoms with Crippen LogP contribution in [0.2, 0.25) is 5.02 Å². The Labute approximate surface area is 141 Å². The van der Waals surface area contributed by atoms with Gasteiger partial charge in [-0.3, -0.25) is 4.79 Å². The Morgan fingerprint density at radius 3 is 2.39 bits per heavy atom. The van der Waals surface area contributed by atoms with E-state index >= 15 is 0 Å². The molecule has 0 heterocycles. The van der Waals surface area contributed by atoms with Crippen molar-refractivity contribution in [2.75, 3.05) is 0 Å². The summed E-state index contributed by atoms with van der Waals surface area (Å²) in [6.45, 7) is 0. The van der Waals surface area contributed by atoms with Crippen LogP contribution in [0.25, 0.3) is 0 Å². The molecule has 4 heteroatoms. The monoisotopic (exact) mass is 334 g/mol. The van der Waals surface area contributed by atoms with Gasteiger partial charge in [0.25, 0.3) is 0 Å². The first-order chi connectivity index (χ1) is 10.9. The average molecular weight is 335 g/mol. The van der Waals surface area contributed by atoms with Gasteiger partial charge in [0.1, 0.15) is 0 Å². The second kappa shape index (κ2) is 5.22. The van der Waals surface area contributed by atoms with Crippen LogP contribution in [0.4, 0.5) is 0 Å². The Balaban J connectivity index is 1.73. The van der Waals surface area contributed by atoms with E-state index in [1.807, 2.05) is 24.3 Å². The number of benzene rings is 1. The molecule has 4 bridgehead atoms. The van der Waals surface area contributed by atoms with Crippen LogP contribution in [0.1, 0.15) is 44.1 Å². The molecule has 4 aliphatic carbocycles. The zero-order chi connectivity index (χ0) is 16.2. The minimum atomic E-state index is -0.725. The molecule has 23 heavy (non-hydrogen) atoms. The van der Waals surface area contributed by atoms with Crippen molar-refractivity contribution in [3.63, 3.8) is 0 Å². The van der Waals surface area contributed by atoms with E-state index in [1.54, 1.807) is 0 Å². The molecule has 124 valence electrons. The Bertz CT molecular complexity index is 625. The molecule has 1 aromatic carbocycles.